The van der Waals surface area contributed by atoms with Crippen molar-refractivity contribution in [1.29, 1.82) is 0 Å². The van der Waals surface area contributed by atoms with Gasteiger partial charge in [-0.25, -0.2) is 25.2 Å². The lowest BCUT2D eigenvalue weighted by Crippen LogP contribution is -2.15. The van der Waals surface area contributed by atoms with Gasteiger partial charge in [0.15, 0.2) is 54.0 Å². The van der Waals surface area contributed by atoms with Gasteiger partial charge >= 0.3 is 20.8 Å². The maximum Gasteiger partial charge on any atom is 0.397 e. The number of sulfone groups is 2. The molecule has 0 aliphatic carbocycles. The number of aromatic hydroxyl groups is 3. The third-order valence-corrected chi connectivity index (χ3v) is 13.3. The average Bonchev–Trinajstić information content (AvgIpc) is 3.13. The SMILES string of the molecule is O=S(=O)(O)OCCS(=O)(=O)c1ccc(/N=N/c2c(O)c(/N=N/c3ccc(S(=O)(=O)CCOS(=O)(=O)O)cc3)c(O)c(/N=N/c3cc(S(=O)(=O)O)ccc3S(=O)(=O)O)c2O)cc1. The van der Waals surface area contributed by atoms with Gasteiger partial charge < -0.3 is 15.3 Å². The minimum Gasteiger partial charge on any atom is -0.504 e. The number of hydrogen-bond donors (Lipinski definition) is 7. The van der Waals surface area contributed by atoms with Crippen LogP contribution >= 0.6 is 0 Å². The van der Waals surface area contributed by atoms with Crippen LogP contribution in [0.2, 0.25) is 0 Å². The molecule has 61 heavy (non-hydrogen) atoms. The predicted octanol–water partition coefficient (Wildman–Crippen LogP) is 3.73. The Morgan fingerprint density at radius 2 is 0.770 bits per heavy atom. The van der Waals surface area contributed by atoms with Gasteiger partial charge in [0.25, 0.3) is 20.2 Å². The Labute approximate surface area is 344 Å². The Morgan fingerprint density at radius 1 is 0.426 bits per heavy atom. The lowest BCUT2D eigenvalue weighted by molar-refractivity contribution is 0.282. The number of benzene rings is 4. The van der Waals surface area contributed by atoms with E-state index in [0.717, 1.165) is 48.5 Å². The van der Waals surface area contributed by atoms with Gasteiger partial charge in [0.1, 0.15) is 10.6 Å². The maximum atomic E-state index is 12.5. The first-order valence-corrected chi connectivity index (χ1v) is 24.4. The van der Waals surface area contributed by atoms with Gasteiger partial charge in [0.2, 0.25) is 0 Å². The van der Waals surface area contributed by atoms with E-state index in [1.54, 1.807) is 0 Å². The third kappa shape index (κ3) is 13.3. The van der Waals surface area contributed by atoms with Crippen molar-refractivity contribution >= 4 is 94.8 Å². The van der Waals surface area contributed by atoms with E-state index in [-0.39, 0.29) is 21.2 Å². The molecule has 0 atom stereocenters. The summed E-state index contributed by atoms with van der Waals surface area (Å²) in [4.78, 5) is -2.81. The Bertz CT molecular complexity index is 2970. The van der Waals surface area contributed by atoms with Gasteiger partial charge in [0, 0.05) is 0 Å². The highest BCUT2D eigenvalue weighted by Gasteiger charge is 2.26. The monoisotopic (exact) mass is 974 g/mol. The first-order chi connectivity index (χ1) is 28.0. The van der Waals surface area contributed by atoms with Crippen LogP contribution in [-0.2, 0) is 69.1 Å². The highest BCUT2D eigenvalue weighted by atomic mass is 32.3. The summed E-state index contributed by atoms with van der Waals surface area (Å²) in [6.07, 6.45) is 0. The van der Waals surface area contributed by atoms with Crippen molar-refractivity contribution in [3.8, 4) is 17.2 Å². The molecule has 0 radical (unpaired) electrons. The minimum atomic E-state index is -5.19. The minimum absolute atomic E-state index is 0.189. The van der Waals surface area contributed by atoms with Gasteiger partial charge in [-0.15, -0.1) is 20.5 Å². The zero-order valence-electron chi connectivity index (χ0n) is 29.7. The van der Waals surface area contributed by atoms with E-state index in [1.807, 2.05) is 0 Å². The second-order valence-electron chi connectivity index (χ2n) is 11.4. The lowest BCUT2D eigenvalue weighted by Gasteiger charge is -2.10. The highest BCUT2D eigenvalue weighted by Crippen LogP contribution is 2.57. The Hall–Kier alpha value is -5.46. The quantitative estimate of drug-likeness (QED) is 0.0551. The van der Waals surface area contributed by atoms with Crippen molar-refractivity contribution in [2.24, 2.45) is 30.7 Å². The van der Waals surface area contributed by atoms with Gasteiger partial charge in [0.05, 0.1) is 50.8 Å². The van der Waals surface area contributed by atoms with Crippen molar-refractivity contribution in [3.63, 3.8) is 0 Å². The van der Waals surface area contributed by atoms with E-state index in [0.29, 0.717) is 18.2 Å². The summed E-state index contributed by atoms with van der Waals surface area (Å²) in [5, 5.41) is 55.0. The molecular weight excluding hydrogens is 949 g/mol. The molecule has 0 fully saturated rings. The number of phenols is 3. The summed E-state index contributed by atoms with van der Waals surface area (Å²) in [5.74, 6) is -5.55. The van der Waals surface area contributed by atoms with E-state index < -0.39 is 135 Å². The van der Waals surface area contributed by atoms with E-state index in [2.05, 4.69) is 39.1 Å². The zero-order valence-corrected chi connectivity index (χ0v) is 34.6. The van der Waals surface area contributed by atoms with Crippen LogP contribution in [0.1, 0.15) is 0 Å². The molecule has 7 N–H and O–H groups in total. The zero-order chi connectivity index (χ0) is 45.8. The van der Waals surface area contributed by atoms with Crippen molar-refractivity contribution in [1.82, 2.24) is 0 Å². The molecule has 0 aliphatic rings. The van der Waals surface area contributed by atoms with Crippen LogP contribution in [0.3, 0.4) is 0 Å². The van der Waals surface area contributed by atoms with Gasteiger partial charge in [-0.3, -0.25) is 18.2 Å². The van der Waals surface area contributed by atoms with Crippen LogP contribution in [0.25, 0.3) is 0 Å². The summed E-state index contributed by atoms with van der Waals surface area (Å²) in [6, 6.07) is 9.58. The van der Waals surface area contributed by atoms with E-state index >= 15 is 0 Å². The van der Waals surface area contributed by atoms with E-state index in [9.17, 15) is 74.9 Å². The number of phenolic OH excluding ortho intramolecular Hbond substituents is 3. The molecule has 0 heterocycles. The summed E-state index contributed by atoms with van der Waals surface area (Å²) in [7, 11) is -28.4. The fraction of sp³-hybridized carbons (Fsp3) is 0.143. The second-order valence-corrected chi connectivity index (χ2v) is 20.6. The topological polar surface area (TPSA) is 439 Å². The molecule has 0 aromatic heterocycles. The molecule has 0 unspecified atom stereocenters. The van der Waals surface area contributed by atoms with E-state index in [4.69, 9.17) is 9.11 Å². The molecule has 0 amide bonds. The fourth-order valence-corrected chi connectivity index (χ4v) is 8.49. The Balaban J connectivity index is 1.81. The Morgan fingerprint density at radius 3 is 1.10 bits per heavy atom. The molecule has 4 aromatic carbocycles. The van der Waals surface area contributed by atoms with Crippen LogP contribution in [0, 0.1) is 0 Å². The molecule has 4 rings (SSSR count). The van der Waals surface area contributed by atoms with Crippen LogP contribution in [-0.4, -0.2) is 109 Å². The number of azo groups is 3. The summed E-state index contributed by atoms with van der Waals surface area (Å²) < 4.78 is 185. The van der Waals surface area contributed by atoms with Crippen molar-refractivity contribution < 1.29 is 92.4 Å². The van der Waals surface area contributed by atoms with Crippen LogP contribution in [0.15, 0.2) is 117 Å². The normalized spacial score (nSPS) is 13.4. The average molecular weight is 975 g/mol. The summed E-state index contributed by atoms with van der Waals surface area (Å²) >= 11 is 0. The lowest BCUT2D eigenvalue weighted by atomic mass is 10.2. The van der Waals surface area contributed by atoms with Crippen LogP contribution in [0.5, 0.6) is 17.2 Å². The molecule has 27 nitrogen and oxygen atoms in total. The molecular formula is C28H26N6O21S6. The molecule has 0 saturated heterocycles. The third-order valence-electron chi connectivity index (χ3n) is 7.20. The summed E-state index contributed by atoms with van der Waals surface area (Å²) in [5.41, 5.74) is -4.46. The molecule has 0 bridgehead atoms. The van der Waals surface area contributed by atoms with Gasteiger partial charge in [-0.2, -0.15) is 43.9 Å². The standard InChI is InChI=1S/C28H26N6O21S6/c35-26-23(32-29-16-1-5-18(6-2-16)56(38,39)13-11-54-60(48,49)50)27(36)25(34-31-21-15-20(58(42,43)44)9-10-22(21)59(45,46)47)28(37)24(26)33-30-17-3-7-19(8-4-17)57(40,41)14-12-55-61(51,52)53/h1-10,15,35-37H,11-14H2,(H,42,43,44)(H,45,46,47)(H,48,49,50)(H,51,52,53)/b32-29+,33-30+,34-31+. The van der Waals surface area contributed by atoms with Gasteiger partial charge in [-0.05, 0) is 66.7 Å². The first-order valence-electron chi connectivity index (χ1n) is 15.5. The molecule has 0 saturated carbocycles. The van der Waals surface area contributed by atoms with Crippen LogP contribution < -0.4 is 0 Å². The van der Waals surface area contributed by atoms with E-state index in [1.165, 1.54) is 0 Å². The molecule has 0 spiro atoms. The molecule has 33 heteroatoms. The van der Waals surface area contributed by atoms with Gasteiger partial charge in [-0.1, -0.05) is 0 Å². The number of hydrogen-bond acceptors (Lipinski definition) is 23. The molecule has 4 aromatic rings. The fourth-order valence-electron chi connectivity index (χ4n) is 4.40. The molecule has 0 aliphatic heterocycles. The number of rotatable bonds is 18. The smallest absolute Gasteiger partial charge is 0.397 e. The Kier molecular flexibility index (Phi) is 14.4. The second kappa shape index (κ2) is 18.3. The van der Waals surface area contributed by atoms with Crippen LogP contribution in [0.4, 0.5) is 34.1 Å². The first kappa shape index (κ1) is 48.2. The molecule has 330 valence electrons. The largest absolute Gasteiger partial charge is 0.504 e. The highest BCUT2D eigenvalue weighted by molar-refractivity contribution is 7.91. The maximum absolute atomic E-state index is 12.5. The van der Waals surface area contributed by atoms with Crippen molar-refractivity contribution in [2.45, 2.75) is 19.6 Å². The van der Waals surface area contributed by atoms with Crippen molar-refractivity contribution in [2.75, 3.05) is 24.7 Å². The predicted molar refractivity (Wildman–Crippen MR) is 202 cm³/mol. The van der Waals surface area contributed by atoms with Crippen molar-refractivity contribution in [3.05, 3.63) is 66.7 Å². The summed E-state index contributed by atoms with van der Waals surface area (Å²) in [6.45, 7) is -1.87. The number of nitrogens with zero attached hydrogens (tertiary/aromatic N) is 6.